The van der Waals surface area contributed by atoms with Crippen LogP contribution in [-0.2, 0) is 6.54 Å². The van der Waals surface area contributed by atoms with Crippen LogP contribution in [0.25, 0.3) is 0 Å². The number of benzene rings is 1. The molecule has 0 atom stereocenters. The van der Waals surface area contributed by atoms with Crippen molar-refractivity contribution >= 4 is 34.7 Å². The molecule has 20 heavy (non-hydrogen) atoms. The van der Waals surface area contributed by atoms with Crippen LogP contribution in [0.2, 0.25) is 5.02 Å². The fraction of sp³-hybridized carbons (Fsp3) is 0.267. The van der Waals surface area contributed by atoms with Crippen molar-refractivity contribution in [3.63, 3.8) is 0 Å². The summed E-state index contributed by atoms with van der Waals surface area (Å²) >= 11 is 7.57. The van der Waals surface area contributed by atoms with E-state index in [2.05, 4.69) is 18.3 Å². The second kappa shape index (κ2) is 6.29. The minimum absolute atomic E-state index is 0.122. The Kier molecular flexibility index (Phi) is 4.68. The van der Waals surface area contributed by atoms with Gasteiger partial charge in [0.25, 0.3) is 0 Å². The standard InChI is InChI=1S/C15H17ClN2OS/c1-10-6-7-20-14(10)9-18(3)15(19)17-13-5-4-12(16)8-11(13)2/h4-8H,9H2,1-3H3,(H,17,19). The van der Waals surface area contributed by atoms with Crippen LogP contribution in [-0.4, -0.2) is 18.0 Å². The molecule has 1 aromatic carbocycles. The van der Waals surface area contributed by atoms with Gasteiger partial charge in [0.2, 0.25) is 0 Å². The first-order valence-electron chi connectivity index (χ1n) is 6.28. The average molecular weight is 309 g/mol. The van der Waals surface area contributed by atoms with Crippen molar-refractivity contribution in [1.82, 2.24) is 4.90 Å². The smallest absolute Gasteiger partial charge is 0.321 e. The first-order valence-corrected chi connectivity index (χ1v) is 7.54. The van der Waals surface area contributed by atoms with Crippen LogP contribution in [0.4, 0.5) is 10.5 Å². The van der Waals surface area contributed by atoms with E-state index in [4.69, 9.17) is 11.6 Å². The highest BCUT2D eigenvalue weighted by molar-refractivity contribution is 7.10. The largest absolute Gasteiger partial charge is 0.322 e. The molecule has 1 heterocycles. The maximum Gasteiger partial charge on any atom is 0.321 e. The molecule has 2 rings (SSSR count). The van der Waals surface area contributed by atoms with Gasteiger partial charge in [0.05, 0.1) is 6.54 Å². The number of hydrogen-bond acceptors (Lipinski definition) is 2. The van der Waals surface area contributed by atoms with Gasteiger partial charge in [0.1, 0.15) is 0 Å². The van der Waals surface area contributed by atoms with Crippen LogP contribution < -0.4 is 5.32 Å². The number of aryl methyl sites for hydroxylation is 2. The number of thiophene rings is 1. The third kappa shape index (κ3) is 3.52. The Morgan fingerprint density at radius 3 is 2.65 bits per heavy atom. The normalized spacial score (nSPS) is 10.4. The van der Waals surface area contributed by atoms with Crippen LogP contribution in [0.3, 0.4) is 0 Å². The number of hydrogen-bond donors (Lipinski definition) is 1. The lowest BCUT2D eigenvalue weighted by Crippen LogP contribution is -2.31. The lowest BCUT2D eigenvalue weighted by Gasteiger charge is -2.18. The summed E-state index contributed by atoms with van der Waals surface area (Å²) < 4.78 is 0. The average Bonchev–Trinajstić information content (AvgIpc) is 2.78. The molecule has 0 aliphatic rings. The van der Waals surface area contributed by atoms with Gasteiger partial charge in [-0.25, -0.2) is 4.79 Å². The molecule has 1 N–H and O–H groups in total. The van der Waals surface area contributed by atoms with Gasteiger partial charge in [-0.05, 0) is 54.6 Å². The summed E-state index contributed by atoms with van der Waals surface area (Å²) in [4.78, 5) is 15.1. The van der Waals surface area contributed by atoms with Gasteiger partial charge >= 0.3 is 6.03 Å². The highest BCUT2D eigenvalue weighted by atomic mass is 35.5. The van der Waals surface area contributed by atoms with E-state index in [-0.39, 0.29) is 6.03 Å². The zero-order chi connectivity index (χ0) is 14.7. The molecule has 0 fully saturated rings. The molecule has 0 spiro atoms. The number of urea groups is 1. The van der Waals surface area contributed by atoms with Gasteiger partial charge in [-0.1, -0.05) is 11.6 Å². The van der Waals surface area contributed by atoms with E-state index in [0.29, 0.717) is 11.6 Å². The summed E-state index contributed by atoms with van der Waals surface area (Å²) in [5, 5.41) is 5.61. The second-order valence-corrected chi connectivity index (χ2v) is 6.21. The number of halogens is 1. The topological polar surface area (TPSA) is 32.3 Å². The molecular formula is C15H17ClN2OS. The third-order valence-corrected chi connectivity index (χ3v) is 4.37. The van der Waals surface area contributed by atoms with E-state index in [1.807, 2.05) is 24.4 Å². The van der Waals surface area contributed by atoms with Crippen molar-refractivity contribution in [2.75, 3.05) is 12.4 Å². The Morgan fingerprint density at radius 1 is 1.30 bits per heavy atom. The number of carbonyl (C=O) groups is 1. The summed E-state index contributed by atoms with van der Waals surface area (Å²) in [6, 6.07) is 7.37. The van der Waals surface area contributed by atoms with Gasteiger partial charge in [-0.2, -0.15) is 0 Å². The number of carbonyl (C=O) groups excluding carboxylic acids is 1. The van der Waals surface area contributed by atoms with Crippen LogP contribution >= 0.6 is 22.9 Å². The number of nitrogens with zero attached hydrogens (tertiary/aromatic N) is 1. The quantitative estimate of drug-likeness (QED) is 0.877. The Hall–Kier alpha value is -1.52. The minimum Gasteiger partial charge on any atom is -0.322 e. The van der Waals surface area contributed by atoms with Crippen molar-refractivity contribution in [2.24, 2.45) is 0 Å². The lowest BCUT2D eigenvalue weighted by molar-refractivity contribution is 0.221. The van der Waals surface area contributed by atoms with Gasteiger partial charge in [0.15, 0.2) is 0 Å². The lowest BCUT2D eigenvalue weighted by atomic mass is 10.2. The van der Waals surface area contributed by atoms with Crippen molar-refractivity contribution in [2.45, 2.75) is 20.4 Å². The Balaban J connectivity index is 2.02. The van der Waals surface area contributed by atoms with Crippen molar-refractivity contribution in [1.29, 1.82) is 0 Å². The zero-order valence-electron chi connectivity index (χ0n) is 11.7. The molecule has 5 heteroatoms. The second-order valence-electron chi connectivity index (χ2n) is 4.77. The highest BCUT2D eigenvalue weighted by Crippen LogP contribution is 2.21. The van der Waals surface area contributed by atoms with Gasteiger partial charge in [-0.15, -0.1) is 11.3 Å². The number of amides is 2. The van der Waals surface area contributed by atoms with Gasteiger partial charge < -0.3 is 10.2 Å². The fourth-order valence-electron chi connectivity index (χ4n) is 1.83. The van der Waals surface area contributed by atoms with Crippen LogP contribution in [0.5, 0.6) is 0 Å². The predicted octanol–water partition coefficient (Wildman–Crippen LogP) is 4.68. The SMILES string of the molecule is Cc1cc(Cl)ccc1NC(=O)N(C)Cc1sccc1C. The monoisotopic (exact) mass is 308 g/mol. The molecule has 2 aromatic rings. The van der Waals surface area contributed by atoms with Crippen LogP contribution in [0, 0.1) is 13.8 Å². The molecule has 0 saturated heterocycles. The van der Waals surface area contributed by atoms with Gasteiger partial charge in [0, 0.05) is 22.6 Å². The van der Waals surface area contributed by atoms with Crippen LogP contribution in [0.1, 0.15) is 16.0 Å². The molecule has 0 aliphatic carbocycles. The van der Waals surface area contributed by atoms with Crippen molar-refractivity contribution in [3.8, 4) is 0 Å². The summed E-state index contributed by atoms with van der Waals surface area (Å²) in [5.41, 5.74) is 2.96. The molecule has 106 valence electrons. The fourth-order valence-corrected chi connectivity index (χ4v) is 3.02. The summed E-state index contributed by atoms with van der Waals surface area (Å²) in [6.45, 7) is 4.59. The summed E-state index contributed by atoms with van der Waals surface area (Å²) in [7, 11) is 1.79. The highest BCUT2D eigenvalue weighted by Gasteiger charge is 2.12. The molecule has 2 amide bonds. The van der Waals surface area contributed by atoms with Gasteiger partial charge in [-0.3, -0.25) is 0 Å². The Bertz CT molecular complexity index is 624. The molecule has 0 bridgehead atoms. The van der Waals surface area contributed by atoms with E-state index in [0.717, 1.165) is 11.3 Å². The van der Waals surface area contributed by atoms with E-state index >= 15 is 0 Å². The third-order valence-electron chi connectivity index (χ3n) is 3.13. The Labute approximate surface area is 128 Å². The van der Waals surface area contributed by atoms with Crippen molar-refractivity contribution < 1.29 is 4.79 Å². The first-order chi connectivity index (χ1) is 9.47. The summed E-state index contributed by atoms with van der Waals surface area (Å²) in [6.07, 6.45) is 0. The molecular weight excluding hydrogens is 292 g/mol. The Morgan fingerprint density at radius 2 is 2.05 bits per heavy atom. The zero-order valence-corrected chi connectivity index (χ0v) is 13.3. The molecule has 0 aliphatic heterocycles. The van der Waals surface area contributed by atoms with Crippen molar-refractivity contribution in [3.05, 3.63) is 50.7 Å². The van der Waals surface area contributed by atoms with E-state index in [1.165, 1.54) is 10.4 Å². The molecule has 0 saturated carbocycles. The predicted molar refractivity (Wildman–Crippen MR) is 85.7 cm³/mol. The molecule has 0 radical (unpaired) electrons. The first kappa shape index (κ1) is 14.9. The van der Waals surface area contributed by atoms with Crippen LogP contribution in [0.15, 0.2) is 29.6 Å². The number of nitrogens with one attached hydrogen (secondary N) is 1. The molecule has 1 aromatic heterocycles. The molecule has 0 unspecified atom stereocenters. The molecule has 3 nitrogen and oxygen atoms in total. The summed E-state index contributed by atoms with van der Waals surface area (Å²) in [5.74, 6) is 0. The van der Waals surface area contributed by atoms with E-state index in [9.17, 15) is 4.79 Å². The number of anilines is 1. The number of rotatable bonds is 3. The van der Waals surface area contributed by atoms with E-state index < -0.39 is 0 Å². The maximum absolute atomic E-state index is 12.2. The maximum atomic E-state index is 12.2. The van der Waals surface area contributed by atoms with E-state index in [1.54, 1.807) is 29.4 Å². The minimum atomic E-state index is -0.122.